The summed E-state index contributed by atoms with van der Waals surface area (Å²) in [4.78, 5) is 22.2. The number of amides is 1. The minimum atomic E-state index is -0.145. The summed E-state index contributed by atoms with van der Waals surface area (Å²) in [6.07, 6.45) is 0. The third kappa shape index (κ3) is 2.65. The molecule has 1 amide bonds. The lowest BCUT2D eigenvalue weighted by molar-refractivity contribution is 0.0827. The van der Waals surface area contributed by atoms with Gasteiger partial charge >= 0.3 is 0 Å². The van der Waals surface area contributed by atoms with E-state index in [4.69, 9.17) is 5.73 Å². The first-order valence-corrected chi connectivity index (χ1v) is 6.81. The molecule has 0 radical (unpaired) electrons. The minimum Gasteiger partial charge on any atom is -0.368 e. The van der Waals surface area contributed by atoms with Crippen LogP contribution in [-0.2, 0) is 0 Å². The van der Waals surface area contributed by atoms with Crippen LogP contribution in [0.15, 0.2) is 28.7 Å². The molecule has 2 rings (SSSR count). The quantitative estimate of drug-likeness (QED) is 0.915. The van der Waals surface area contributed by atoms with Crippen molar-refractivity contribution < 1.29 is 4.79 Å². The Hall–Kier alpha value is -1.95. The number of carbonyl (C=O) groups excluding carboxylic acids is 1. The van der Waals surface area contributed by atoms with Gasteiger partial charge in [-0.1, -0.05) is 34.1 Å². The highest BCUT2D eigenvalue weighted by Crippen LogP contribution is 2.31. The zero-order chi connectivity index (χ0) is 14.9. The van der Waals surface area contributed by atoms with Crippen LogP contribution in [0.1, 0.15) is 16.1 Å². The second-order valence-corrected chi connectivity index (χ2v) is 5.42. The number of halogens is 1. The first-order chi connectivity index (χ1) is 9.41. The van der Waals surface area contributed by atoms with E-state index in [1.165, 1.54) is 4.90 Å². The number of carbonyl (C=O) groups is 1. The van der Waals surface area contributed by atoms with E-state index >= 15 is 0 Å². The van der Waals surface area contributed by atoms with Crippen molar-refractivity contribution in [2.75, 3.05) is 19.8 Å². The summed E-state index contributed by atoms with van der Waals surface area (Å²) in [6, 6.07) is 7.57. The van der Waals surface area contributed by atoms with Crippen molar-refractivity contribution in [3.63, 3.8) is 0 Å². The fraction of sp³-hybridized carbons (Fsp3) is 0.214. The van der Waals surface area contributed by atoms with Crippen LogP contribution in [0.2, 0.25) is 0 Å². The van der Waals surface area contributed by atoms with Gasteiger partial charge in [0.1, 0.15) is 0 Å². The van der Waals surface area contributed by atoms with E-state index in [9.17, 15) is 4.79 Å². The Morgan fingerprint density at radius 3 is 2.50 bits per heavy atom. The zero-order valence-corrected chi connectivity index (χ0v) is 13.1. The van der Waals surface area contributed by atoms with Crippen molar-refractivity contribution in [1.29, 1.82) is 0 Å². The lowest BCUT2D eigenvalue weighted by Gasteiger charge is -2.16. The molecule has 0 aliphatic heterocycles. The molecule has 1 aromatic heterocycles. The van der Waals surface area contributed by atoms with E-state index in [0.29, 0.717) is 17.0 Å². The van der Waals surface area contributed by atoms with E-state index in [1.54, 1.807) is 21.0 Å². The number of aromatic nitrogens is 2. The number of nitrogens with zero attached hydrogens (tertiary/aromatic N) is 3. The molecular weight excluding hydrogens is 320 g/mol. The third-order valence-corrected chi connectivity index (χ3v) is 3.55. The molecule has 0 saturated carbocycles. The molecule has 0 bridgehead atoms. The first kappa shape index (κ1) is 14.5. The third-order valence-electron chi connectivity index (χ3n) is 2.86. The Balaban J connectivity index is 2.75. The van der Waals surface area contributed by atoms with Gasteiger partial charge in [0.05, 0.1) is 17.0 Å². The summed E-state index contributed by atoms with van der Waals surface area (Å²) >= 11 is 3.48. The molecule has 0 saturated heterocycles. The number of hydrogen-bond acceptors (Lipinski definition) is 4. The number of nitrogen functional groups attached to an aromatic ring is 1. The van der Waals surface area contributed by atoms with Crippen LogP contribution in [-0.4, -0.2) is 34.9 Å². The predicted octanol–water partition coefficient (Wildman–Crippen LogP) is 2.50. The topological polar surface area (TPSA) is 72.1 Å². The second kappa shape index (κ2) is 5.58. The van der Waals surface area contributed by atoms with Crippen molar-refractivity contribution in [2.45, 2.75) is 6.92 Å². The van der Waals surface area contributed by atoms with Crippen molar-refractivity contribution >= 4 is 27.8 Å². The molecule has 2 aromatic rings. The molecular formula is C14H15BrN4O. The molecule has 0 spiro atoms. The molecule has 5 nitrogen and oxygen atoms in total. The van der Waals surface area contributed by atoms with Gasteiger partial charge in [0.15, 0.2) is 0 Å². The van der Waals surface area contributed by atoms with Gasteiger partial charge in [-0.05, 0) is 13.0 Å². The molecule has 0 aliphatic carbocycles. The van der Waals surface area contributed by atoms with Gasteiger partial charge < -0.3 is 10.6 Å². The van der Waals surface area contributed by atoms with Crippen molar-refractivity contribution in [2.24, 2.45) is 0 Å². The molecule has 104 valence electrons. The highest BCUT2D eigenvalue weighted by atomic mass is 79.9. The zero-order valence-electron chi connectivity index (χ0n) is 11.5. The summed E-state index contributed by atoms with van der Waals surface area (Å²) in [7, 11) is 3.39. The van der Waals surface area contributed by atoms with Gasteiger partial charge in [-0.15, -0.1) is 0 Å². The number of benzene rings is 1. The molecule has 0 atom stereocenters. The summed E-state index contributed by atoms with van der Waals surface area (Å²) < 4.78 is 0.852. The van der Waals surface area contributed by atoms with Crippen LogP contribution < -0.4 is 5.73 Å². The average molecular weight is 335 g/mol. The smallest absolute Gasteiger partial charge is 0.257 e. The Morgan fingerprint density at radius 2 is 1.90 bits per heavy atom. The van der Waals surface area contributed by atoms with Gasteiger partial charge in [-0.2, -0.15) is 0 Å². The lowest BCUT2D eigenvalue weighted by atomic mass is 10.0. The Kier molecular flexibility index (Phi) is 4.04. The van der Waals surface area contributed by atoms with Crippen LogP contribution in [0.4, 0.5) is 5.95 Å². The maximum absolute atomic E-state index is 12.4. The van der Waals surface area contributed by atoms with Gasteiger partial charge in [0.2, 0.25) is 5.95 Å². The number of hydrogen-bond donors (Lipinski definition) is 1. The molecule has 0 unspecified atom stereocenters. The van der Waals surface area contributed by atoms with Gasteiger partial charge in [0.25, 0.3) is 5.91 Å². The van der Waals surface area contributed by atoms with Crippen LogP contribution >= 0.6 is 15.9 Å². The average Bonchev–Trinajstić information content (AvgIpc) is 2.37. The molecule has 1 heterocycles. The fourth-order valence-corrected chi connectivity index (χ4v) is 2.39. The maximum Gasteiger partial charge on any atom is 0.257 e. The summed E-state index contributed by atoms with van der Waals surface area (Å²) in [5.74, 6) is 0.0109. The minimum absolute atomic E-state index is 0.145. The SMILES string of the molecule is Cc1nc(N)nc(-c2ccccc2Br)c1C(=O)N(C)C. The Bertz CT molecular complexity index is 670. The molecule has 1 aromatic carbocycles. The Morgan fingerprint density at radius 1 is 1.25 bits per heavy atom. The van der Waals surface area contributed by atoms with E-state index in [1.807, 2.05) is 24.3 Å². The maximum atomic E-state index is 12.4. The highest BCUT2D eigenvalue weighted by molar-refractivity contribution is 9.10. The van der Waals surface area contributed by atoms with E-state index in [0.717, 1.165) is 10.0 Å². The first-order valence-electron chi connectivity index (χ1n) is 6.02. The number of nitrogens with two attached hydrogens (primary N) is 1. The second-order valence-electron chi connectivity index (χ2n) is 4.57. The molecule has 0 fully saturated rings. The monoisotopic (exact) mass is 334 g/mol. The van der Waals surface area contributed by atoms with Crippen molar-refractivity contribution in [1.82, 2.24) is 14.9 Å². The van der Waals surface area contributed by atoms with Crippen LogP contribution in [0, 0.1) is 6.92 Å². The largest absolute Gasteiger partial charge is 0.368 e. The Labute approximate surface area is 126 Å². The van der Waals surface area contributed by atoms with E-state index < -0.39 is 0 Å². The highest BCUT2D eigenvalue weighted by Gasteiger charge is 2.21. The number of aryl methyl sites for hydroxylation is 1. The lowest BCUT2D eigenvalue weighted by Crippen LogP contribution is -2.24. The molecule has 20 heavy (non-hydrogen) atoms. The standard InChI is InChI=1S/C14H15BrN4O/c1-8-11(13(20)19(2)3)12(18-14(16)17-8)9-6-4-5-7-10(9)15/h4-7H,1-3H3,(H2,16,17,18). The molecule has 2 N–H and O–H groups in total. The van der Waals surface area contributed by atoms with Crippen molar-refractivity contribution in [3.05, 3.63) is 40.0 Å². The number of rotatable bonds is 2. The molecule has 6 heteroatoms. The van der Waals surface area contributed by atoms with E-state index in [-0.39, 0.29) is 11.9 Å². The summed E-state index contributed by atoms with van der Waals surface area (Å²) in [5.41, 5.74) is 8.13. The van der Waals surface area contributed by atoms with Gasteiger partial charge in [0, 0.05) is 24.1 Å². The normalized spacial score (nSPS) is 10.4. The number of anilines is 1. The van der Waals surface area contributed by atoms with Crippen LogP contribution in [0.25, 0.3) is 11.3 Å². The van der Waals surface area contributed by atoms with E-state index in [2.05, 4.69) is 25.9 Å². The van der Waals surface area contributed by atoms with Gasteiger partial charge in [-0.25, -0.2) is 9.97 Å². The fourth-order valence-electron chi connectivity index (χ4n) is 1.92. The van der Waals surface area contributed by atoms with Gasteiger partial charge in [-0.3, -0.25) is 4.79 Å². The summed E-state index contributed by atoms with van der Waals surface area (Å²) in [5, 5.41) is 0. The van der Waals surface area contributed by atoms with Crippen LogP contribution in [0.5, 0.6) is 0 Å². The summed E-state index contributed by atoms with van der Waals surface area (Å²) in [6.45, 7) is 1.76. The predicted molar refractivity (Wildman–Crippen MR) is 82.3 cm³/mol. The molecule has 0 aliphatic rings. The van der Waals surface area contributed by atoms with Crippen molar-refractivity contribution in [3.8, 4) is 11.3 Å². The van der Waals surface area contributed by atoms with Crippen LogP contribution in [0.3, 0.4) is 0 Å².